The zero-order valence-electron chi connectivity index (χ0n) is 10.2. The van der Waals surface area contributed by atoms with Gasteiger partial charge in [0, 0.05) is 19.0 Å². The van der Waals surface area contributed by atoms with Crippen molar-refractivity contribution in [3.63, 3.8) is 0 Å². The molecule has 0 aliphatic carbocycles. The number of anilines is 1. The van der Waals surface area contributed by atoms with Crippen LogP contribution in [0, 0.1) is 11.3 Å². The maximum absolute atomic E-state index is 11.4. The summed E-state index contributed by atoms with van der Waals surface area (Å²) >= 11 is 1.52. The normalized spacial score (nSPS) is 9.53. The summed E-state index contributed by atoms with van der Waals surface area (Å²) in [6, 6.07) is 7.73. The number of hydrogen-bond donors (Lipinski definition) is 1. The second-order valence-corrected chi connectivity index (χ2v) is 4.48. The molecule has 5 heteroatoms. The second kappa shape index (κ2) is 6.16. The Morgan fingerprint density at radius 1 is 1.53 bits per heavy atom. The number of hydrogen-bond acceptors (Lipinski definition) is 4. The van der Waals surface area contributed by atoms with Crippen LogP contribution < -0.4 is 5.32 Å². The molecule has 1 aromatic carbocycles. The average Bonchev–Trinajstić information content (AvgIpc) is 2.34. The van der Waals surface area contributed by atoms with E-state index in [4.69, 9.17) is 5.26 Å². The highest BCUT2D eigenvalue weighted by atomic mass is 32.2. The molecule has 0 aromatic heterocycles. The lowest BCUT2D eigenvalue weighted by Crippen LogP contribution is -2.28. The Morgan fingerprint density at radius 3 is 2.76 bits per heavy atom. The fourth-order valence-corrected chi connectivity index (χ4v) is 1.87. The summed E-state index contributed by atoms with van der Waals surface area (Å²) in [5.41, 5.74) is 1.29. The molecule has 1 rings (SSSR count). The van der Waals surface area contributed by atoms with Gasteiger partial charge in [-0.05, 0) is 18.4 Å². The third-order valence-corrected chi connectivity index (χ3v) is 3.07. The van der Waals surface area contributed by atoms with Crippen LogP contribution in [-0.4, -0.2) is 37.7 Å². The van der Waals surface area contributed by atoms with Crippen LogP contribution >= 0.6 is 11.8 Å². The fourth-order valence-electron chi connectivity index (χ4n) is 1.29. The van der Waals surface area contributed by atoms with Gasteiger partial charge in [0.2, 0.25) is 5.91 Å². The van der Waals surface area contributed by atoms with E-state index in [1.54, 1.807) is 20.2 Å². The second-order valence-electron chi connectivity index (χ2n) is 3.64. The Bertz CT molecular complexity index is 452. The van der Waals surface area contributed by atoms with Crippen molar-refractivity contribution < 1.29 is 4.79 Å². The Balaban J connectivity index is 2.85. The molecule has 1 aromatic rings. The summed E-state index contributed by atoms with van der Waals surface area (Å²) in [6.07, 6.45) is 1.92. The number of rotatable bonds is 4. The molecule has 1 amide bonds. The fraction of sp³-hybridized carbons (Fsp3) is 0.333. The molecule has 90 valence electrons. The first-order valence-corrected chi connectivity index (χ1v) is 6.33. The minimum Gasteiger partial charge on any atom is -0.375 e. The van der Waals surface area contributed by atoms with Crippen LogP contribution in [-0.2, 0) is 4.79 Å². The van der Waals surface area contributed by atoms with Gasteiger partial charge in [-0.15, -0.1) is 11.8 Å². The van der Waals surface area contributed by atoms with Gasteiger partial charge in [-0.25, -0.2) is 0 Å². The van der Waals surface area contributed by atoms with E-state index in [2.05, 4.69) is 11.4 Å². The van der Waals surface area contributed by atoms with Crippen LogP contribution in [0.2, 0.25) is 0 Å². The van der Waals surface area contributed by atoms with Crippen molar-refractivity contribution in [2.45, 2.75) is 4.90 Å². The number of amides is 1. The molecular weight excluding hydrogens is 234 g/mol. The molecule has 0 radical (unpaired) electrons. The van der Waals surface area contributed by atoms with Gasteiger partial charge in [0.05, 0.1) is 17.8 Å². The standard InChI is InChI=1S/C12H15N3OS/c1-15(2)12(16)8-14-10-5-4-6-11(17-3)9(10)7-13/h4-6,14H,8H2,1-3H3. The van der Waals surface area contributed by atoms with Crippen LogP contribution in [0.4, 0.5) is 5.69 Å². The lowest BCUT2D eigenvalue weighted by molar-refractivity contribution is -0.126. The highest BCUT2D eigenvalue weighted by Crippen LogP contribution is 2.25. The maximum atomic E-state index is 11.4. The summed E-state index contributed by atoms with van der Waals surface area (Å²) in [5.74, 6) is -0.0246. The smallest absolute Gasteiger partial charge is 0.241 e. The number of likely N-dealkylation sites (N-methyl/N-ethyl adjacent to an activating group) is 1. The number of thioether (sulfide) groups is 1. The van der Waals surface area contributed by atoms with E-state index in [0.29, 0.717) is 11.3 Å². The average molecular weight is 249 g/mol. The van der Waals surface area contributed by atoms with Crippen molar-refractivity contribution in [3.8, 4) is 6.07 Å². The Morgan fingerprint density at radius 2 is 2.24 bits per heavy atom. The number of nitrogens with zero attached hydrogens (tertiary/aromatic N) is 2. The number of carbonyl (C=O) groups is 1. The highest BCUT2D eigenvalue weighted by Gasteiger charge is 2.09. The largest absolute Gasteiger partial charge is 0.375 e. The Hall–Kier alpha value is -1.67. The van der Waals surface area contributed by atoms with Crippen LogP contribution in [0.25, 0.3) is 0 Å². The number of nitrogens with one attached hydrogen (secondary N) is 1. The van der Waals surface area contributed by atoms with E-state index < -0.39 is 0 Å². The van der Waals surface area contributed by atoms with Gasteiger partial charge in [0.15, 0.2) is 0 Å². The van der Waals surface area contributed by atoms with Gasteiger partial charge < -0.3 is 10.2 Å². The van der Waals surface area contributed by atoms with Crippen molar-refractivity contribution >= 4 is 23.4 Å². The lowest BCUT2D eigenvalue weighted by atomic mass is 10.2. The van der Waals surface area contributed by atoms with Crippen LogP contribution in [0.1, 0.15) is 5.56 Å². The molecule has 0 fully saturated rings. The maximum Gasteiger partial charge on any atom is 0.241 e. The predicted molar refractivity (Wildman–Crippen MR) is 70.1 cm³/mol. The van der Waals surface area contributed by atoms with Crippen LogP contribution in [0.3, 0.4) is 0 Å². The molecular formula is C12H15N3OS. The van der Waals surface area contributed by atoms with Crippen molar-refractivity contribution in [3.05, 3.63) is 23.8 Å². The minimum absolute atomic E-state index is 0.0246. The SMILES string of the molecule is CSc1cccc(NCC(=O)N(C)C)c1C#N. The van der Waals surface area contributed by atoms with E-state index >= 15 is 0 Å². The van der Waals surface area contributed by atoms with Crippen molar-refractivity contribution in [2.24, 2.45) is 0 Å². The summed E-state index contributed by atoms with van der Waals surface area (Å²) in [4.78, 5) is 13.9. The van der Waals surface area contributed by atoms with E-state index in [-0.39, 0.29) is 12.5 Å². The zero-order valence-corrected chi connectivity index (χ0v) is 11.0. The zero-order chi connectivity index (χ0) is 12.8. The molecule has 0 bridgehead atoms. The van der Waals surface area contributed by atoms with E-state index in [1.165, 1.54) is 16.7 Å². The van der Waals surface area contributed by atoms with Crippen molar-refractivity contribution in [2.75, 3.05) is 32.2 Å². The monoisotopic (exact) mass is 249 g/mol. The molecule has 0 spiro atoms. The van der Waals surface area contributed by atoms with Gasteiger partial charge >= 0.3 is 0 Å². The number of carbonyl (C=O) groups excluding carboxylic acids is 1. The van der Waals surface area contributed by atoms with Crippen molar-refractivity contribution in [1.82, 2.24) is 4.90 Å². The first kappa shape index (κ1) is 13.4. The third-order valence-electron chi connectivity index (χ3n) is 2.29. The summed E-state index contributed by atoms with van der Waals surface area (Å²) in [5, 5.41) is 12.1. The molecule has 0 aliphatic rings. The predicted octanol–water partition coefficient (Wildman–Crippen LogP) is 1.78. The molecule has 4 nitrogen and oxygen atoms in total. The quantitative estimate of drug-likeness (QED) is 0.826. The van der Waals surface area contributed by atoms with Gasteiger partial charge in [0.25, 0.3) is 0 Å². The molecule has 0 unspecified atom stereocenters. The summed E-state index contributed by atoms with van der Waals surface area (Å²) in [7, 11) is 3.40. The van der Waals surface area contributed by atoms with Gasteiger partial charge in [-0.3, -0.25) is 4.79 Å². The van der Waals surface area contributed by atoms with Crippen molar-refractivity contribution in [1.29, 1.82) is 5.26 Å². The summed E-state index contributed by atoms with van der Waals surface area (Å²) in [6.45, 7) is 0.194. The molecule has 0 saturated heterocycles. The topological polar surface area (TPSA) is 56.1 Å². The number of nitriles is 1. The first-order valence-electron chi connectivity index (χ1n) is 5.11. The molecule has 17 heavy (non-hydrogen) atoms. The molecule has 1 N–H and O–H groups in total. The third kappa shape index (κ3) is 3.40. The Kier molecular flexibility index (Phi) is 4.85. The highest BCUT2D eigenvalue weighted by molar-refractivity contribution is 7.98. The summed E-state index contributed by atoms with van der Waals surface area (Å²) < 4.78 is 0. The van der Waals surface area contributed by atoms with Gasteiger partial charge in [-0.2, -0.15) is 5.26 Å². The molecule has 0 heterocycles. The molecule has 0 atom stereocenters. The minimum atomic E-state index is -0.0246. The van der Waals surface area contributed by atoms with E-state index in [1.807, 2.05) is 18.4 Å². The van der Waals surface area contributed by atoms with Gasteiger partial charge in [0.1, 0.15) is 6.07 Å². The molecule has 0 aliphatic heterocycles. The van der Waals surface area contributed by atoms with Gasteiger partial charge in [-0.1, -0.05) is 6.07 Å². The first-order chi connectivity index (χ1) is 8.10. The molecule has 0 saturated carbocycles. The Labute approximate surface area is 106 Å². The van der Waals surface area contributed by atoms with E-state index in [0.717, 1.165) is 4.90 Å². The van der Waals surface area contributed by atoms with Crippen LogP contribution in [0.5, 0.6) is 0 Å². The van der Waals surface area contributed by atoms with E-state index in [9.17, 15) is 4.79 Å². The lowest BCUT2D eigenvalue weighted by Gasteiger charge is -2.13. The number of benzene rings is 1. The van der Waals surface area contributed by atoms with Crippen LogP contribution in [0.15, 0.2) is 23.1 Å².